The SMILES string of the molecule is NCC(N)C(N)C(N)CO. The average molecular weight is 148 g/mol. The standard InChI is InChI=1S/C5H16N4O/c6-1-3(7)5(9)4(8)2-10/h3-5,10H,1-2,6-9H2. The summed E-state index contributed by atoms with van der Waals surface area (Å²) in [5, 5.41) is 8.55. The Kier molecular flexibility index (Phi) is 4.50. The van der Waals surface area contributed by atoms with E-state index in [0.717, 1.165) is 0 Å². The number of aliphatic hydroxyl groups excluding tert-OH is 1. The molecule has 0 fully saturated rings. The molecular formula is C5H16N4O. The van der Waals surface area contributed by atoms with Gasteiger partial charge in [-0.3, -0.25) is 0 Å². The van der Waals surface area contributed by atoms with E-state index in [2.05, 4.69) is 0 Å². The van der Waals surface area contributed by atoms with E-state index in [0.29, 0.717) is 0 Å². The van der Waals surface area contributed by atoms with Gasteiger partial charge >= 0.3 is 0 Å². The van der Waals surface area contributed by atoms with Crippen molar-refractivity contribution in [2.45, 2.75) is 18.1 Å². The van der Waals surface area contributed by atoms with Crippen molar-refractivity contribution in [3.63, 3.8) is 0 Å². The second kappa shape index (κ2) is 4.59. The summed E-state index contributed by atoms with van der Waals surface area (Å²) in [6.45, 7) is 0.129. The summed E-state index contributed by atoms with van der Waals surface area (Å²) in [5.41, 5.74) is 21.5. The fraction of sp³-hybridized carbons (Fsp3) is 1.00. The Morgan fingerprint density at radius 3 is 1.90 bits per heavy atom. The quantitative estimate of drug-likeness (QED) is 0.289. The van der Waals surface area contributed by atoms with Gasteiger partial charge in [0.1, 0.15) is 0 Å². The van der Waals surface area contributed by atoms with Crippen LogP contribution in [0, 0.1) is 0 Å². The fourth-order valence-corrected chi connectivity index (χ4v) is 0.596. The lowest BCUT2D eigenvalue weighted by Crippen LogP contribution is -2.57. The predicted octanol–water partition coefficient (Wildman–Crippen LogP) is -3.08. The first-order chi connectivity index (χ1) is 4.63. The third-order valence-corrected chi connectivity index (χ3v) is 1.47. The van der Waals surface area contributed by atoms with Crippen LogP contribution in [0.15, 0.2) is 0 Å². The Bertz CT molecular complexity index is 79.7. The predicted molar refractivity (Wildman–Crippen MR) is 40.1 cm³/mol. The van der Waals surface area contributed by atoms with E-state index in [-0.39, 0.29) is 19.2 Å². The second-order valence-electron chi connectivity index (χ2n) is 2.32. The van der Waals surface area contributed by atoms with Crippen LogP contribution in [0.4, 0.5) is 0 Å². The van der Waals surface area contributed by atoms with Gasteiger partial charge in [-0.05, 0) is 0 Å². The minimum absolute atomic E-state index is 0.158. The van der Waals surface area contributed by atoms with Crippen LogP contribution >= 0.6 is 0 Å². The van der Waals surface area contributed by atoms with Crippen LogP contribution < -0.4 is 22.9 Å². The van der Waals surface area contributed by atoms with Crippen molar-refractivity contribution in [3.05, 3.63) is 0 Å². The average Bonchev–Trinajstić information content (AvgIpc) is 2.00. The number of hydrogen-bond acceptors (Lipinski definition) is 5. The van der Waals surface area contributed by atoms with Crippen molar-refractivity contribution < 1.29 is 5.11 Å². The van der Waals surface area contributed by atoms with Crippen molar-refractivity contribution >= 4 is 0 Å². The Labute approximate surface area is 60.4 Å². The van der Waals surface area contributed by atoms with E-state index < -0.39 is 12.1 Å². The smallest absolute Gasteiger partial charge is 0.0598 e. The molecule has 0 saturated heterocycles. The van der Waals surface area contributed by atoms with Crippen LogP contribution in [0.25, 0.3) is 0 Å². The molecule has 0 aromatic rings. The van der Waals surface area contributed by atoms with Crippen LogP contribution in [0.1, 0.15) is 0 Å². The zero-order chi connectivity index (χ0) is 8.15. The first kappa shape index (κ1) is 9.80. The highest BCUT2D eigenvalue weighted by molar-refractivity contribution is 4.85. The molecular weight excluding hydrogens is 132 g/mol. The first-order valence-corrected chi connectivity index (χ1v) is 3.21. The fourth-order valence-electron chi connectivity index (χ4n) is 0.596. The van der Waals surface area contributed by atoms with Gasteiger partial charge in [-0.2, -0.15) is 0 Å². The Morgan fingerprint density at radius 1 is 1.10 bits per heavy atom. The molecule has 0 saturated carbocycles. The Hall–Kier alpha value is -0.200. The highest BCUT2D eigenvalue weighted by Crippen LogP contribution is 1.89. The zero-order valence-corrected chi connectivity index (χ0v) is 5.90. The van der Waals surface area contributed by atoms with Crippen LogP contribution in [0.3, 0.4) is 0 Å². The molecule has 3 atom stereocenters. The van der Waals surface area contributed by atoms with Crippen molar-refractivity contribution in [3.8, 4) is 0 Å². The first-order valence-electron chi connectivity index (χ1n) is 3.21. The molecule has 0 bridgehead atoms. The minimum atomic E-state index is -0.474. The van der Waals surface area contributed by atoms with Gasteiger partial charge in [0.15, 0.2) is 0 Å². The maximum atomic E-state index is 8.55. The van der Waals surface area contributed by atoms with Gasteiger partial charge in [0.25, 0.3) is 0 Å². The van der Waals surface area contributed by atoms with Crippen LogP contribution in [-0.4, -0.2) is 36.4 Å². The maximum Gasteiger partial charge on any atom is 0.0598 e. The molecule has 0 aliphatic heterocycles. The summed E-state index contributed by atoms with van der Waals surface area (Å²) in [4.78, 5) is 0. The highest BCUT2D eigenvalue weighted by atomic mass is 16.3. The number of rotatable bonds is 4. The van der Waals surface area contributed by atoms with E-state index in [1.54, 1.807) is 0 Å². The Balaban J connectivity index is 3.69. The molecule has 0 aromatic heterocycles. The van der Waals surface area contributed by atoms with E-state index in [4.69, 9.17) is 28.0 Å². The monoisotopic (exact) mass is 148 g/mol. The van der Waals surface area contributed by atoms with E-state index >= 15 is 0 Å². The van der Waals surface area contributed by atoms with Gasteiger partial charge < -0.3 is 28.0 Å². The van der Waals surface area contributed by atoms with Gasteiger partial charge in [-0.15, -0.1) is 0 Å². The molecule has 5 nitrogen and oxygen atoms in total. The molecule has 62 valence electrons. The Morgan fingerprint density at radius 2 is 1.60 bits per heavy atom. The molecule has 0 heterocycles. The molecule has 0 rings (SSSR count). The number of nitrogens with two attached hydrogens (primary N) is 4. The van der Waals surface area contributed by atoms with Crippen LogP contribution in [0.2, 0.25) is 0 Å². The van der Waals surface area contributed by atoms with Crippen molar-refractivity contribution in [1.29, 1.82) is 0 Å². The molecule has 10 heavy (non-hydrogen) atoms. The number of aliphatic hydroxyl groups is 1. The molecule has 3 unspecified atom stereocenters. The summed E-state index contributed by atoms with van der Waals surface area (Å²) in [7, 11) is 0. The third kappa shape index (κ3) is 2.59. The molecule has 0 aromatic carbocycles. The molecule has 0 aliphatic carbocycles. The lowest BCUT2D eigenvalue weighted by atomic mass is 10.0. The minimum Gasteiger partial charge on any atom is -0.395 e. The summed E-state index contributed by atoms with van der Waals surface area (Å²) in [6, 6.07) is -1.23. The molecule has 0 aliphatic rings. The highest BCUT2D eigenvalue weighted by Gasteiger charge is 2.17. The van der Waals surface area contributed by atoms with Gasteiger partial charge in [-0.1, -0.05) is 0 Å². The third-order valence-electron chi connectivity index (χ3n) is 1.47. The molecule has 0 spiro atoms. The second-order valence-corrected chi connectivity index (χ2v) is 2.32. The summed E-state index contributed by atoms with van der Waals surface area (Å²) in [5.74, 6) is 0. The van der Waals surface area contributed by atoms with Gasteiger partial charge in [0.2, 0.25) is 0 Å². The molecule has 5 heteroatoms. The van der Waals surface area contributed by atoms with E-state index in [1.807, 2.05) is 0 Å². The van der Waals surface area contributed by atoms with Gasteiger partial charge in [-0.25, -0.2) is 0 Å². The van der Waals surface area contributed by atoms with E-state index in [1.165, 1.54) is 0 Å². The van der Waals surface area contributed by atoms with Gasteiger partial charge in [0, 0.05) is 24.7 Å². The summed E-state index contributed by atoms with van der Waals surface area (Å²) in [6.07, 6.45) is 0. The van der Waals surface area contributed by atoms with Gasteiger partial charge in [0.05, 0.1) is 6.61 Å². The van der Waals surface area contributed by atoms with Crippen molar-refractivity contribution in [2.24, 2.45) is 22.9 Å². The summed E-state index contributed by atoms with van der Waals surface area (Å²) >= 11 is 0. The topological polar surface area (TPSA) is 124 Å². The number of hydrogen-bond donors (Lipinski definition) is 5. The lowest BCUT2D eigenvalue weighted by Gasteiger charge is -2.22. The summed E-state index contributed by atoms with van der Waals surface area (Å²) < 4.78 is 0. The zero-order valence-electron chi connectivity index (χ0n) is 5.90. The molecule has 0 radical (unpaired) electrons. The van der Waals surface area contributed by atoms with Crippen LogP contribution in [-0.2, 0) is 0 Å². The maximum absolute atomic E-state index is 8.55. The largest absolute Gasteiger partial charge is 0.395 e. The normalized spacial score (nSPS) is 20.1. The van der Waals surface area contributed by atoms with Crippen LogP contribution in [0.5, 0.6) is 0 Å². The van der Waals surface area contributed by atoms with Crippen molar-refractivity contribution in [1.82, 2.24) is 0 Å². The molecule has 0 amide bonds. The van der Waals surface area contributed by atoms with Crippen molar-refractivity contribution in [2.75, 3.05) is 13.2 Å². The lowest BCUT2D eigenvalue weighted by molar-refractivity contribution is 0.240. The molecule has 9 N–H and O–H groups in total. The van der Waals surface area contributed by atoms with E-state index in [9.17, 15) is 0 Å².